The largest absolute Gasteiger partial charge is 0.489 e. The lowest BCUT2D eigenvalue weighted by Crippen LogP contribution is -2.21. The minimum atomic E-state index is -0.902. The summed E-state index contributed by atoms with van der Waals surface area (Å²) in [7, 11) is 0. The van der Waals surface area contributed by atoms with Gasteiger partial charge in [-0.3, -0.25) is 4.79 Å². The number of nitrogens with zero attached hydrogens (tertiary/aromatic N) is 2. The van der Waals surface area contributed by atoms with Gasteiger partial charge in [-0.15, -0.1) is 0 Å². The van der Waals surface area contributed by atoms with E-state index in [-0.39, 0.29) is 12.6 Å². The molecule has 146 valence electrons. The average Bonchev–Trinajstić information content (AvgIpc) is 3.13. The second kappa shape index (κ2) is 8.86. The van der Waals surface area contributed by atoms with Crippen molar-refractivity contribution >= 4 is 17.6 Å². The van der Waals surface area contributed by atoms with E-state index in [4.69, 9.17) is 26.0 Å². The molecular weight excluding hydrogens is 382 g/mol. The first-order valence-electron chi connectivity index (χ1n) is 8.74. The Kier molecular flexibility index (Phi) is 6.28. The van der Waals surface area contributed by atoms with Crippen LogP contribution in [0.4, 0.5) is 0 Å². The van der Waals surface area contributed by atoms with Gasteiger partial charge in [-0.2, -0.15) is 4.98 Å². The van der Waals surface area contributed by atoms with E-state index in [0.29, 0.717) is 29.0 Å². The van der Waals surface area contributed by atoms with Crippen LogP contribution in [0, 0.1) is 0 Å². The Balaban J connectivity index is 1.77. The number of aliphatic carboxylic acids is 1. The molecule has 0 aliphatic heterocycles. The molecule has 1 heterocycles. The summed E-state index contributed by atoms with van der Waals surface area (Å²) < 4.78 is 11.0. The van der Waals surface area contributed by atoms with E-state index in [9.17, 15) is 4.79 Å². The van der Waals surface area contributed by atoms with Crippen molar-refractivity contribution in [2.24, 2.45) is 0 Å². The summed E-state index contributed by atoms with van der Waals surface area (Å²) in [5.41, 5.74) is 2.38. The number of carboxylic acid groups (broad SMARTS) is 1. The number of halogens is 1. The Bertz CT molecular complexity index is 972. The van der Waals surface area contributed by atoms with Crippen LogP contribution in [0.15, 0.2) is 47.0 Å². The molecule has 0 saturated heterocycles. The number of carbonyl (C=O) groups is 1. The molecule has 8 heteroatoms. The average molecular weight is 402 g/mol. The van der Waals surface area contributed by atoms with Gasteiger partial charge in [0.2, 0.25) is 5.82 Å². The fraction of sp³-hybridized carbons (Fsp3) is 0.250. The van der Waals surface area contributed by atoms with Gasteiger partial charge >= 0.3 is 5.97 Å². The van der Waals surface area contributed by atoms with Crippen molar-refractivity contribution in [1.82, 2.24) is 15.5 Å². The first-order valence-corrected chi connectivity index (χ1v) is 9.12. The van der Waals surface area contributed by atoms with E-state index in [1.165, 1.54) is 0 Å². The van der Waals surface area contributed by atoms with Crippen molar-refractivity contribution in [3.05, 3.63) is 53.1 Å². The van der Waals surface area contributed by atoms with E-state index >= 15 is 0 Å². The van der Waals surface area contributed by atoms with Crippen LogP contribution < -0.4 is 10.1 Å². The van der Waals surface area contributed by atoms with Crippen molar-refractivity contribution in [2.45, 2.75) is 26.5 Å². The highest BCUT2D eigenvalue weighted by Gasteiger charge is 2.13. The standard InChI is InChI=1S/C20H20ClN3O4/c1-12(2)27-17-7-6-14(9-16(17)21)19-23-20(28-24-19)15-5-3-4-13(8-15)10-22-11-18(25)26/h3-9,12,22H,10-11H2,1-2H3,(H,25,26). The van der Waals surface area contributed by atoms with Gasteiger partial charge in [-0.25, -0.2) is 0 Å². The van der Waals surface area contributed by atoms with Crippen LogP contribution in [0.2, 0.25) is 5.02 Å². The number of hydrogen-bond acceptors (Lipinski definition) is 6. The molecule has 2 aromatic carbocycles. The predicted octanol–water partition coefficient (Wildman–Crippen LogP) is 4.02. The number of hydrogen-bond donors (Lipinski definition) is 2. The topological polar surface area (TPSA) is 97.5 Å². The van der Waals surface area contributed by atoms with Crippen LogP contribution in [0.5, 0.6) is 5.75 Å². The van der Waals surface area contributed by atoms with Crippen LogP contribution in [0.3, 0.4) is 0 Å². The Morgan fingerprint density at radius 3 is 2.79 bits per heavy atom. The second-order valence-corrected chi connectivity index (χ2v) is 6.84. The van der Waals surface area contributed by atoms with E-state index in [0.717, 1.165) is 16.7 Å². The minimum absolute atomic E-state index is 0.0254. The molecule has 28 heavy (non-hydrogen) atoms. The van der Waals surface area contributed by atoms with Gasteiger partial charge in [0.15, 0.2) is 0 Å². The molecular formula is C20H20ClN3O4. The molecule has 0 atom stereocenters. The van der Waals surface area contributed by atoms with Gasteiger partial charge in [0.25, 0.3) is 5.89 Å². The van der Waals surface area contributed by atoms with Gasteiger partial charge in [0.05, 0.1) is 17.7 Å². The van der Waals surface area contributed by atoms with Gasteiger partial charge < -0.3 is 19.7 Å². The molecule has 0 radical (unpaired) electrons. The fourth-order valence-corrected chi connectivity index (χ4v) is 2.80. The molecule has 0 aliphatic carbocycles. The zero-order valence-electron chi connectivity index (χ0n) is 15.5. The SMILES string of the molecule is CC(C)Oc1ccc(-c2noc(-c3cccc(CNCC(=O)O)c3)n2)cc1Cl. The number of aromatic nitrogens is 2. The molecule has 7 nitrogen and oxygen atoms in total. The van der Waals surface area contributed by atoms with Crippen molar-refractivity contribution < 1.29 is 19.2 Å². The fourth-order valence-electron chi connectivity index (χ4n) is 2.58. The number of ether oxygens (including phenoxy) is 1. The van der Waals surface area contributed by atoms with Crippen LogP contribution in [-0.2, 0) is 11.3 Å². The minimum Gasteiger partial charge on any atom is -0.489 e. The predicted molar refractivity (Wildman–Crippen MR) is 105 cm³/mol. The molecule has 0 aliphatic rings. The van der Waals surface area contributed by atoms with Crippen LogP contribution in [0.25, 0.3) is 22.8 Å². The summed E-state index contributed by atoms with van der Waals surface area (Å²) in [6.45, 7) is 4.18. The molecule has 3 rings (SSSR count). The lowest BCUT2D eigenvalue weighted by atomic mass is 10.1. The third-order valence-electron chi connectivity index (χ3n) is 3.76. The number of rotatable bonds is 8. The van der Waals surface area contributed by atoms with Crippen LogP contribution >= 0.6 is 11.6 Å². The Labute approximate surface area is 167 Å². The lowest BCUT2D eigenvalue weighted by molar-refractivity contribution is -0.135. The molecule has 1 aromatic heterocycles. The summed E-state index contributed by atoms with van der Waals surface area (Å²) in [6, 6.07) is 12.8. The zero-order valence-corrected chi connectivity index (χ0v) is 16.2. The van der Waals surface area contributed by atoms with Crippen LogP contribution in [-0.4, -0.2) is 33.9 Å². The highest BCUT2D eigenvalue weighted by atomic mass is 35.5. The maximum absolute atomic E-state index is 10.6. The van der Waals surface area contributed by atoms with Crippen molar-refractivity contribution in [3.8, 4) is 28.6 Å². The third kappa shape index (κ3) is 5.09. The lowest BCUT2D eigenvalue weighted by Gasteiger charge is -2.11. The molecule has 0 spiro atoms. The first-order chi connectivity index (χ1) is 13.4. The monoisotopic (exact) mass is 401 g/mol. The smallest absolute Gasteiger partial charge is 0.317 e. The van der Waals surface area contributed by atoms with Gasteiger partial charge in [-0.05, 0) is 49.7 Å². The third-order valence-corrected chi connectivity index (χ3v) is 4.05. The molecule has 0 saturated carbocycles. The maximum atomic E-state index is 10.6. The molecule has 0 unspecified atom stereocenters. The summed E-state index contributed by atoms with van der Waals surface area (Å²) in [5.74, 6) is 0.489. The number of carboxylic acids is 1. The molecule has 3 aromatic rings. The molecule has 0 fully saturated rings. The van der Waals surface area contributed by atoms with Crippen molar-refractivity contribution in [2.75, 3.05) is 6.54 Å². The normalized spacial score (nSPS) is 11.0. The summed E-state index contributed by atoms with van der Waals surface area (Å²) in [5, 5.41) is 16.1. The summed E-state index contributed by atoms with van der Waals surface area (Å²) in [4.78, 5) is 15.0. The second-order valence-electron chi connectivity index (χ2n) is 6.43. The van der Waals surface area contributed by atoms with Crippen LogP contribution in [0.1, 0.15) is 19.4 Å². The highest BCUT2D eigenvalue weighted by molar-refractivity contribution is 6.32. The number of benzene rings is 2. The molecule has 2 N–H and O–H groups in total. The Morgan fingerprint density at radius 2 is 2.07 bits per heavy atom. The van der Waals surface area contributed by atoms with Crippen molar-refractivity contribution in [1.29, 1.82) is 0 Å². The highest BCUT2D eigenvalue weighted by Crippen LogP contribution is 2.31. The van der Waals surface area contributed by atoms with E-state index in [1.807, 2.05) is 44.2 Å². The Morgan fingerprint density at radius 1 is 1.25 bits per heavy atom. The zero-order chi connectivity index (χ0) is 20.1. The van der Waals surface area contributed by atoms with Crippen molar-refractivity contribution in [3.63, 3.8) is 0 Å². The quantitative estimate of drug-likeness (QED) is 0.588. The van der Waals surface area contributed by atoms with E-state index < -0.39 is 5.97 Å². The Hall–Kier alpha value is -2.90. The number of nitrogens with one attached hydrogen (secondary N) is 1. The van der Waals surface area contributed by atoms with E-state index in [2.05, 4.69) is 15.5 Å². The maximum Gasteiger partial charge on any atom is 0.317 e. The molecule has 0 bridgehead atoms. The van der Waals surface area contributed by atoms with E-state index in [1.54, 1.807) is 12.1 Å². The van der Waals surface area contributed by atoms with Gasteiger partial charge in [-0.1, -0.05) is 28.9 Å². The summed E-state index contributed by atoms with van der Waals surface area (Å²) >= 11 is 6.28. The van der Waals surface area contributed by atoms with Gasteiger partial charge in [0, 0.05) is 17.7 Å². The van der Waals surface area contributed by atoms with Gasteiger partial charge in [0.1, 0.15) is 5.75 Å². The molecule has 0 amide bonds. The first kappa shape index (κ1) is 19.9. The summed E-state index contributed by atoms with van der Waals surface area (Å²) in [6.07, 6.45) is 0.0254.